The summed E-state index contributed by atoms with van der Waals surface area (Å²) in [4.78, 5) is 28.7. The average Bonchev–Trinajstić information content (AvgIpc) is 3.42. The van der Waals surface area contributed by atoms with E-state index in [0.29, 0.717) is 38.9 Å². The molecule has 1 amide bonds. The lowest BCUT2D eigenvalue weighted by Gasteiger charge is -2.25. The van der Waals surface area contributed by atoms with E-state index in [1.807, 2.05) is 48.5 Å². The van der Waals surface area contributed by atoms with E-state index in [4.69, 9.17) is 26.1 Å². The number of aromatic nitrogens is 2. The van der Waals surface area contributed by atoms with Gasteiger partial charge in [-0.3, -0.25) is 4.79 Å². The van der Waals surface area contributed by atoms with Crippen LogP contribution in [0.5, 0.6) is 5.75 Å². The third-order valence-corrected chi connectivity index (χ3v) is 8.46. The third-order valence-electron chi connectivity index (χ3n) is 8.21. The van der Waals surface area contributed by atoms with Crippen LogP contribution in [0, 0.1) is 5.82 Å². The fourth-order valence-corrected chi connectivity index (χ4v) is 6.20. The van der Waals surface area contributed by atoms with Crippen molar-refractivity contribution in [3.63, 3.8) is 0 Å². The van der Waals surface area contributed by atoms with Gasteiger partial charge in [0.2, 0.25) is 5.91 Å². The minimum Gasteiger partial charge on any atom is -0.489 e. The molecule has 1 aliphatic carbocycles. The molecule has 4 aromatic carbocycles. The van der Waals surface area contributed by atoms with E-state index in [1.165, 1.54) is 26.5 Å². The number of nitrogens with zero attached hydrogens (tertiary/aromatic N) is 2. The van der Waals surface area contributed by atoms with E-state index in [9.17, 15) is 9.59 Å². The second kappa shape index (κ2) is 13.1. The Balaban J connectivity index is 1.32. The number of hydrogen-bond acceptors (Lipinski definition) is 5. The fraction of sp³-hybridized carbons (Fsp3) is 0.250. The summed E-state index contributed by atoms with van der Waals surface area (Å²) in [6.07, 6.45) is 5.33. The zero-order valence-corrected chi connectivity index (χ0v) is 25.9. The predicted molar refractivity (Wildman–Crippen MR) is 174 cm³/mol. The molecule has 1 N–H and O–H groups in total. The average molecular weight is 626 g/mol. The number of benzene rings is 4. The maximum absolute atomic E-state index is 15.9. The van der Waals surface area contributed by atoms with Gasteiger partial charge < -0.3 is 19.4 Å². The summed E-state index contributed by atoms with van der Waals surface area (Å²) >= 11 is 6.10. The Morgan fingerprint density at radius 2 is 1.71 bits per heavy atom. The van der Waals surface area contributed by atoms with Gasteiger partial charge in [0, 0.05) is 29.7 Å². The number of rotatable bonds is 8. The van der Waals surface area contributed by atoms with Crippen molar-refractivity contribution in [3.8, 4) is 28.3 Å². The number of esters is 1. The third kappa shape index (κ3) is 6.56. The number of halogens is 2. The Morgan fingerprint density at radius 3 is 2.42 bits per heavy atom. The topological polar surface area (TPSA) is 82.5 Å². The van der Waals surface area contributed by atoms with Gasteiger partial charge in [-0.15, -0.1) is 0 Å². The molecule has 1 aliphatic rings. The van der Waals surface area contributed by atoms with Gasteiger partial charge in [-0.25, -0.2) is 14.2 Å². The van der Waals surface area contributed by atoms with Gasteiger partial charge >= 0.3 is 5.97 Å². The maximum Gasteiger partial charge on any atom is 0.337 e. The molecule has 1 saturated carbocycles. The highest BCUT2D eigenvalue weighted by atomic mass is 35.5. The number of hydrogen-bond donors (Lipinski definition) is 1. The van der Waals surface area contributed by atoms with E-state index in [0.717, 1.165) is 47.9 Å². The van der Waals surface area contributed by atoms with Crippen LogP contribution in [-0.2, 0) is 16.1 Å². The molecule has 7 nitrogen and oxygen atoms in total. The summed E-state index contributed by atoms with van der Waals surface area (Å²) in [7, 11) is 1.34. The van der Waals surface area contributed by atoms with Gasteiger partial charge in [0.15, 0.2) is 0 Å². The Labute approximate surface area is 266 Å². The smallest absolute Gasteiger partial charge is 0.337 e. The molecule has 0 atom stereocenters. The molecule has 0 unspecified atom stereocenters. The Hall–Kier alpha value is -4.69. The normalized spacial score (nSPS) is 13.5. The highest BCUT2D eigenvalue weighted by Crippen LogP contribution is 2.38. The van der Waals surface area contributed by atoms with E-state index < -0.39 is 11.8 Å². The molecule has 5 aromatic rings. The van der Waals surface area contributed by atoms with Crippen LogP contribution < -0.4 is 10.1 Å². The molecule has 0 radical (unpaired) electrons. The largest absolute Gasteiger partial charge is 0.489 e. The number of imidazole rings is 1. The van der Waals surface area contributed by atoms with Crippen molar-refractivity contribution >= 4 is 40.2 Å². The van der Waals surface area contributed by atoms with Crippen LogP contribution in [0.1, 0.15) is 61.0 Å². The number of ether oxygens (including phenoxy) is 2. The predicted octanol–water partition coefficient (Wildman–Crippen LogP) is 8.99. The second-order valence-electron chi connectivity index (χ2n) is 11.3. The van der Waals surface area contributed by atoms with Gasteiger partial charge in [-0.1, -0.05) is 49.1 Å². The summed E-state index contributed by atoms with van der Waals surface area (Å²) in [5.74, 6) is -0.203. The minimum absolute atomic E-state index is 0.140. The monoisotopic (exact) mass is 625 g/mol. The van der Waals surface area contributed by atoms with Gasteiger partial charge in [0.05, 0.1) is 29.3 Å². The molecule has 9 heteroatoms. The van der Waals surface area contributed by atoms with Crippen molar-refractivity contribution in [2.45, 2.75) is 51.7 Å². The Kier molecular flexibility index (Phi) is 8.85. The van der Waals surface area contributed by atoms with Crippen LogP contribution in [0.4, 0.5) is 10.1 Å². The first-order valence-electron chi connectivity index (χ1n) is 15.0. The van der Waals surface area contributed by atoms with Crippen molar-refractivity contribution in [1.29, 1.82) is 0 Å². The van der Waals surface area contributed by atoms with Crippen molar-refractivity contribution in [3.05, 3.63) is 101 Å². The highest BCUT2D eigenvalue weighted by Gasteiger charge is 2.25. The number of nitrogens with one attached hydrogen (secondary N) is 1. The second-order valence-corrected chi connectivity index (χ2v) is 11.7. The van der Waals surface area contributed by atoms with Crippen LogP contribution in [0.2, 0.25) is 5.02 Å². The quantitative estimate of drug-likeness (QED) is 0.174. The van der Waals surface area contributed by atoms with Gasteiger partial charge in [0.1, 0.15) is 24.0 Å². The van der Waals surface area contributed by atoms with E-state index in [-0.39, 0.29) is 18.6 Å². The first-order valence-corrected chi connectivity index (χ1v) is 15.4. The van der Waals surface area contributed by atoms with Crippen molar-refractivity contribution in [2.24, 2.45) is 0 Å². The number of anilines is 1. The van der Waals surface area contributed by atoms with Crippen LogP contribution in [0.3, 0.4) is 0 Å². The molecule has 0 bridgehead atoms. The molecule has 0 saturated heterocycles. The van der Waals surface area contributed by atoms with E-state index in [2.05, 4.69) is 9.88 Å². The summed E-state index contributed by atoms with van der Waals surface area (Å²) in [5, 5.41) is 3.44. The minimum atomic E-state index is -0.460. The summed E-state index contributed by atoms with van der Waals surface area (Å²) < 4.78 is 29.1. The lowest BCUT2D eigenvalue weighted by Crippen LogP contribution is -2.14. The first kappa shape index (κ1) is 30.3. The molecule has 230 valence electrons. The SMILES string of the molecule is COC(=O)c1ccc2c(c1)nc(-c1ccc(OCc3cc(NC(C)=O)ccc3-c3ccc(Cl)cc3)cc1F)n2C1CCCCC1. The van der Waals surface area contributed by atoms with Crippen LogP contribution in [0.15, 0.2) is 78.9 Å². The van der Waals surface area contributed by atoms with E-state index >= 15 is 4.39 Å². The summed E-state index contributed by atoms with van der Waals surface area (Å²) in [5.41, 5.74) is 5.53. The summed E-state index contributed by atoms with van der Waals surface area (Å²) in [6.45, 7) is 1.59. The molecule has 6 rings (SSSR count). The lowest BCUT2D eigenvalue weighted by atomic mass is 9.94. The molecular formula is C36H33ClFN3O4. The van der Waals surface area contributed by atoms with Crippen LogP contribution >= 0.6 is 11.6 Å². The fourth-order valence-electron chi connectivity index (χ4n) is 6.08. The molecule has 0 spiro atoms. The van der Waals surface area contributed by atoms with Crippen LogP contribution in [-0.4, -0.2) is 28.5 Å². The molecule has 1 fully saturated rings. The molecule has 1 aromatic heterocycles. The van der Waals surface area contributed by atoms with Gasteiger partial charge in [0.25, 0.3) is 0 Å². The van der Waals surface area contributed by atoms with E-state index in [1.54, 1.807) is 24.3 Å². The number of methoxy groups -OCH3 is 1. The number of fused-ring (bicyclic) bond motifs is 1. The standard InChI is InChI=1S/C36H33ClFN3O4/c1-22(42)39-27-13-15-30(23-8-11-26(37)12-9-23)25(18-27)21-45-29-14-16-31(32(38)20-29)35-40-33-19-24(36(43)44-2)10-17-34(33)41(35)28-6-4-3-5-7-28/h8-20,28H,3-7,21H2,1-2H3,(H,39,42). The van der Waals surface area contributed by atoms with Crippen molar-refractivity contribution in [1.82, 2.24) is 9.55 Å². The molecule has 1 heterocycles. The number of carbonyl (C=O) groups is 2. The summed E-state index contributed by atoms with van der Waals surface area (Å²) in [6, 6.07) is 23.3. The Morgan fingerprint density at radius 1 is 0.956 bits per heavy atom. The van der Waals surface area contributed by atoms with Crippen molar-refractivity contribution < 1.29 is 23.5 Å². The zero-order valence-electron chi connectivity index (χ0n) is 25.1. The molecule has 0 aliphatic heterocycles. The Bertz CT molecular complexity index is 1880. The molecule has 45 heavy (non-hydrogen) atoms. The number of amides is 1. The maximum atomic E-state index is 15.9. The van der Waals surface area contributed by atoms with Gasteiger partial charge in [-0.05, 0) is 84.1 Å². The zero-order chi connectivity index (χ0) is 31.5. The van der Waals surface area contributed by atoms with Crippen LogP contribution in [0.25, 0.3) is 33.5 Å². The number of carbonyl (C=O) groups excluding carboxylic acids is 2. The van der Waals surface area contributed by atoms with Gasteiger partial charge in [-0.2, -0.15) is 0 Å². The molecular weight excluding hydrogens is 593 g/mol. The lowest BCUT2D eigenvalue weighted by molar-refractivity contribution is -0.114. The van der Waals surface area contributed by atoms with Crippen molar-refractivity contribution in [2.75, 3.05) is 12.4 Å². The highest BCUT2D eigenvalue weighted by molar-refractivity contribution is 6.30. The first-order chi connectivity index (χ1) is 21.8.